The molecule has 0 saturated heterocycles. The molecule has 0 atom stereocenters. The van der Waals surface area contributed by atoms with Gasteiger partial charge in [-0.25, -0.2) is 4.39 Å². The summed E-state index contributed by atoms with van der Waals surface area (Å²) < 4.78 is 13.5. The van der Waals surface area contributed by atoms with Gasteiger partial charge in [-0.3, -0.25) is 9.89 Å². The minimum atomic E-state index is -0.539. The van der Waals surface area contributed by atoms with Crippen molar-refractivity contribution in [2.45, 2.75) is 20.8 Å². The lowest BCUT2D eigenvalue weighted by Crippen LogP contribution is -2.15. The summed E-state index contributed by atoms with van der Waals surface area (Å²) in [6.07, 6.45) is 0. The molecule has 94 valence electrons. The van der Waals surface area contributed by atoms with E-state index in [0.29, 0.717) is 5.82 Å². The van der Waals surface area contributed by atoms with Gasteiger partial charge in [-0.2, -0.15) is 5.10 Å². The summed E-state index contributed by atoms with van der Waals surface area (Å²) >= 11 is 0. The van der Waals surface area contributed by atoms with Crippen molar-refractivity contribution in [1.82, 2.24) is 10.2 Å². The number of aryl methyl sites for hydroxylation is 2. The molecule has 0 aliphatic carbocycles. The molecule has 1 amide bonds. The maximum absolute atomic E-state index is 13.5. The highest BCUT2D eigenvalue weighted by atomic mass is 19.1. The summed E-state index contributed by atoms with van der Waals surface area (Å²) in [6, 6.07) is 4.42. The van der Waals surface area contributed by atoms with Crippen LogP contribution in [-0.2, 0) is 0 Å². The Morgan fingerprint density at radius 3 is 2.67 bits per heavy atom. The summed E-state index contributed by atoms with van der Waals surface area (Å²) in [7, 11) is 0. The third kappa shape index (κ3) is 2.25. The fourth-order valence-corrected chi connectivity index (χ4v) is 1.59. The molecule has 0 fully saturated rings. The van der Waals surface area contributed by atoms with Gasteiger partial charge in [-0.15, -0.1) is 0 Å². The van der Waals surface area contributed by atoms with Crippen molar-refractivity contribution in [3.8, 4) is 0 Å². The van der Waals surface area contributed by atoms with Crippen molar-refractivity contribution in [1.29, 1.82) is 0 Å². The highest BCUT2D eigenvalue weighted by Crippen LogP contribution is 2.16. The van der Waals surface area contributed by atoms with E-state index in [0.717, 1.165) is 16.8 Å². The van der Waals surface area contributed by atoms with Crippen molar-refractivity contribution in [2.75, 3.05) is 5.32 Å². The van der Waals surface area contributed by atoms with Crippen LogP contribution in [0.15, 0.2) is 18.2 Å². The van der Waals surface area contributed by atoms with Crippen molar-refractivity contribution in [3.05, 3.63) is 46.4 Å². The Bertz CT molecular complexity index is 604. The first-order valence-electron chi connectivity index (χ1n) is 5.58. The number of nitrogens with zero attached hydrogens (tertiary/aromatic N) is 1. The smallest absolute Gasteiger partial charge is 0.259 e. The molecule has 0 aliphatic heterocycles. The molecule has 1 aromatic carbocycles. The van der Waals surface area contributed by atoms with Gasteiger partial charge in [0.05, 0.1) is 5.56 Å². The first kappa shape index (κ1) is 12.3. The normalized spacial score (nSPS) is 10.4. The number of carbonyl (C=O) groups is 1. The van der Waals surface area contributed by atoms with Gasteiger partial charge in [0.2, 0.25) is 0 Å². The Balaban J connectivity index is 2.27. The number of carbonyl (C=O) groups excluding carboxylic acids is 1. The maximum Gasteiger partial charge on any atom is 0.259 e. The molecule has 0 saturated carbocycles. The topological polar surface area (TPSA) is 57.8 Å². The van der Waals surface area contributed by atoms with Crippen LogP contribution in [0.5, 0.6) is 0 Å². The average Bonchev–Trinajstić information content (AvgIpc) is 2.64. The van der Waals surface area contributed by atoms with E-state index < -0.39 is 11.7 Å². The lowest BCUT2D eigenvalue weighted by Gasteiger charge is -2.05. The molecule has 0 unspecified atom stereocenters. The second-order valence-corrected chi connectivity index (χ2v) is 4.26. The molecule has 1 heterocycles. The SMILES string of the molecule is Cc1ccc(F)c(C(=O)Nc2n[nH]c(C)c2C)c1. The number of H-pyrrole nitrogens is 1. The van der Waals surface area contributed by atoms with Crippen LogP contribution in [0.1, 0.15) is 27.2 Å². The highest BCUT2D eigenvalue weighted by molar-refractivity contribution is 6.04. The highest BCUT2D eigenvalue weighted by Gasteiger charge is 2.15. The first-order chi connectivity index (χ1) is 8.49. The van der Waals surface area contributed by atoms with Crippen LogP contribution in [-0.4, -0.2) is 16.1 Å². The number of halogens is 1. The fourth-order valence-electron chi connectivity index (χ4n) is 1.59. The number of nitrogens with one attached hydrogen (secondary N) is 2. The Kier molecular flexibility index (Phi) is 3.14. The average molecular weight is 247 g/mol. The third-order valence-electron chi connectivity index (χ3n) is 2.85. The Morgan fingerprint density at radius 1 is 1.33 bits per heavy atom. The Morgan fingerprint density at radius 2 is 2.06 bits per heavy atom. The van der Waals surface area contributed by atoms with Crippen molar-refractivity contribution in [3.63, 3.8) is 0 Å². The van der Waals surface area contributed by atoms with Crippen LogP contribution in [0.3, 0.4) is 0 Å². The molecule has 2 rings (SSSR count). The zero-order valence-corrected chi connectivity index (χ0v) is 10.5. The molecule has 2 aromatic rings. The zero-order chi connectivity index (χ0) is 13.3. The number of hydrogen-bond donors (Lipinski definition) is 2. The molecule has 0 spiro atoms. The van der Waals surface area contributed by atoms with E-state index in [1.165, 1.54) is 12.1 Å². The summed E-state index contributed by atoms with van der Waals surface area (Å²) in [5.41, 5.74) is 2.57. The number of amides is 1. The first-order valence-corrected chi connectivity index (χ1v) is 5.58. The van der Waals surface area contributed by atoms with Crippen molar-refractivity contribution >= 4 is 11.7 Å². The summed E-state index contributed by atoms with van der Waals surface area (Å²) in [6.45, 7) is 5.49. The summed E-state index contributed by atoms with van der Waals surface area (Å²) in [4.78, 5) is 11.9. The minimum Gasteiger partial charge on any atom is -0.305 e. The van der Waals surface area contributed by atoms with Crippen LogP contribution in [0.25, 0.3) is 0 Å². The second kappa shape index (κ2) is 4.60. The van der Waals surface area contributed by atoms with Gasteiger partial charge in [0.15, 0.2) is 5.82 Å². The van der Waals surface area contributed by atoms with Gasteiger partial charge in [0, 0.05) is 11.3 Å². The van der Waals surface area contributed by atoms with Crippen LogP contribution in [0.4, 0.5) is 10.2 Å². The molecular formula is C13H14FN3O. The van der Waals surface area contributed by atoms with Crippen LogP contribution >= 0.6 is 0 Å². The molecule has 0 bridgehead atoms. The van der Waals surface area contributed by atoms with Crippen LogP contribution in [0.2, 0.25) is 0 Å². The maximum atomic E-state index is 13.5. The van der Waals surface area contributed by atoms with E-state index in [2.05, 4.69) is 15.5 Å². The fraction of sp³-hybridized carbons (Fsp3) is 0.231. The predicted octanol–water partition coefficient (Wildman–Crippen LogP) is 2.73. The zero-order valence-electron chi connectivity index (χ0n) is 10.5. The number of hydrogen-bond acceptors (Lipinski definition) is 2. The minimum absolute atomic E-state index is 0.0232. The molecule has 0 aliphatic rings. The third-order valence-corrected chi connectivity index (χ3v) is 2.85. The second-order valence-electron chi connectivity index (χ2n) is 4.26. The molecule has 5 heteroatoms. The molecule has 0 radical (unpaired) electrons. The predicted molar refractivity (Wildman–Crippen MR) is 67.2 cm³/mol. The van der Waals surface area contributed by atoms with Crippen molar-refractivity contribution < 1.29 is 9.18 Å². The number of rotatable bonds is 2. The van der Waals surface area contributed by atoms with Gasteiger partial charge in [-0.05, 0) is 32.9 Å². The van der Waals surface area contributed by atoms with Crippen LogP contribution in [0, 0.1) is 26.6 Å². The standard InChI is InChI=1S/C13H14FN3O/c1-7-4-5-11(14)10(6-7)13(18)15-12-8(2)9(3)16-17-12/h4-6H,1-3H3,(H2,15,16,17,18). The van der Waals surface area contributed by atoms with E-state index in [-0.39, 0.29) is 5.56 Å². The van der Waals surface area contributed by atoms with E-state index in [4.69, 9.17) is 0 Å². The number of benzene rings is 1. The number of aromatic nitrogens is 2. The van der Waals surface area contributed by atoms with Crippen LogP contribution < -0.4 is 5.32 Å². The molecule has 1 aromatic heterocycles. The number of aromatic amines is 1. The van der Waals surface area contributed by atoms with E-state index in [1.54, 1.807) is 13.0 Å². The summed E-state index contributed by atoms with van der Waals surface area (Å²) in [5, 5.41) is 9.31. The van der Waals surface area contributed by atoms with Gasteiger partial charge in [-0.1, -0.05) is 11.6 Å². The lowest BCUT2D eigenvalue weighted by atomic mass is 10.1. The van der Waals surface area contributed by atoms with Crippen molar-refractivity contribution in [2.24, 2.45) is 0 Å². The van der Waals surface area contributed by atoms with Gasteiger partial charge in [0.1, 0.15) is 5.82 Å². The Labute approximate surface area is 104 Å². The van der Waals surface area contributed by atoms with E-state index >= 15 is 0 Å². The molecular weight excluding hydrogens is 233 g/mol. The molecule has 4 nitrogen and oxygen atoms in total. The quantitative estimate of drug-likeness (QED) is 0.857. The van der Waals surface area contributed by atoms with Gasteiger partial charge in [0.25, 0.3) is 5.91 Å². The van der Waals surface area contributed by atoms with E-state index in [9.17, 15) is 9.18 Å². The number of anilines is 1. The van der Waals surface area contributed by atoms with Gasteiger partial charge >= 0.3 is 0 Å². The largest absolute Gasteiger partial charge is 0.305 e. The van der Waals surface area contributed by atoms with Gasteiger partial charge < -0.3 is 5.32 Å². The summed E-state index contributed by atoms with van der Waals surface area (Å²) in [5.74, 6) is -0.604. The molecule has 18 heavy (non-hydrogen) atoms. The Hall–Kier alpha value is -2.17. The van der Waals surface area contributed by atoms with E-state index in [1.807, 2.05) is 13.8 Å². The molecule has 2 N–H and O–H groups in total. The lowest BCUT2D eigenvalue weighted by molar-refractivity contribution is 0.102. The monoisotopic (exact) mass is 247 g/mol.